The van der Waals surface area contributed by atoms with Crippen molar-refractivity contribution < 1.29 is 19.4 Å². The number of aliphatic hydroxyl groups excluding tert-OH is 1. The molecule has 1 aromatic carbocycles. The standard InChI is InChI=1S/C13H19NO4/c1-10(11-2-4-12(14)5-3-11)13(16)18-9-8-17-7-6-15/h2-5,10,15H,6-9,14H2,1H3. The molecule has 3 N–H and O–H groups in total. The molecule has 1 rings (SSSR count). The van der Waals surface area contributed by atoms with E-state index >= 15 is 0 Å². The van der Waals surface area contributed by atoms with Crippen LogP contribution in [0.1, 0.15) is 18.4 Å². The van der Waals surface area contributed by atoms with Crippen molar-refractivity contribution in [2.24, 2.45) is 0 Å². The molecule has 18 heavy (non-hydrogen) atoms. The van der Waals surface area contributed by atoms with Gasteiger partial charge >= 0.3 is 5.97 Å². The van der Waals surface area contributed by atoms with E-state index in [9.17, 15) is 4.79 Å². The van der Waals surface area contributed by atoms with Crippen LogP contribution in [0.25, 0.3) is 0 Å². The van der Waals surface area contributed by atoms with Gasteiger partial charge in [-0.3, -0.25) is 4.79 Å². The number of nitrogen functional groups attached to an aromatic ring is 1. The molecule has 0 heterocycles. The third-order valence-electron chi connectivity index (χ3n) is 2.50. The smallest absolute Gasteiger partial charge is 0.313 e. The largest absolute Gasteiger partial charge is 0.463 e. The molecule has 0 saturated carbocycles. The third kappa shape index (κ3) is 4.73. The molecule has 0 aliphatic carbocycles. The summed E-state index contributed by atoms with van der Waals surface area (Å²) in [5.41, 5.74) is 7.11. The summed E-state index contributed by atoms with van der Waals surface area (Å²) in [5.74, 6) is -0.629. The Morgan fingerprint density at radius 3 is 2.56 bits per heavy atom. The fraction of sp³-hybridized carbons (Fsp3) is 0.462. The van der Waals surface area contributed by atoms with Crippen LogP contribution in [0.3, 0.4) is 0 Å². The zero-order valence-electron chi connectivity index (χ0n) is 10.5. The minimum absolute atomic E-state index is 0.0320. The summed E-state index contributed by atoms with van der Waals surface area (Å²) in [5, 5.41) is 8.49. The predicted molar refractivity (Wildman–Crippen MR) is 68.1 cm³/mol. The maximum Gasteiger partial charge on any atom is 0.313 e. The Morgan fingerprint density at radius 1 is 1.28 bits per heavy atom. The Morgan fingerprint density at radius 2 is 1.94 bits per heavy atom. The lowest BCUT2D eigenvalue weighted by molar-refractivity contribution is -0.146. The Labute approximate surface area is 107 Å². The van der Waals surface area contributed by atoms with Gasteiger partial charge in [0, 0.05) is 5.69 Å². The fourth-order valence-electron chi connectivity index (χ4n) is 1.41. The summed E-state index contributed by atoms with van der Waals surface area (Å²) in [7, 11) is 0. The van der Waals surface area contributed by atoms with Gasteiger partial charge in [0.1, 0.15) is 6.61 Å². The Kier molecular flexibility index (Phi) is 6.18. The van der Waals surface area contributed by atoms with Crippen LogP contribution in [0.15, 0.2) is 24.3 Å². The Bertz CT molecular complexity index is 364. The van der Waals surface area contributed by atoms with Gasteiger partial charge in [0.2, 0.25) is 0 Å². The summed E-state index contributed by atoms with van der Waals surface area (Å²) in [6.45, 7) is 2.49. The number of esters is 1. The maximum absolute atomic E-state index is 11.7. The number of carbonyl (C=O) groups is 1. The first kappa shape index (κ1) is 14.5. The van der Waals surface area contributed by atoms with Crippen LogP contribution in [0.5, 0.6) is 0 Å². The first-order chi connectivity index (χ1) is 8.65. The van der Waals surface area contributed by atoms with E-state index in [-0.39, 0.29) is 31.7 Å². The molecule has 0 aromatic heterocycles. The fourth-order valence-corrected chi connectivity index (χ4v) is 1.41. The van der Waals surface area contributed by atoms with E-state index in [1.165, 1.54) is 0 Å². The van der Waals surface area contributed by atoms with Crippen molar-refractivity contribution in [3.8, 4) is 0 Å². The van der Waals surface area contributed by atoms with Crippen LogP contribution in [-0.4, -0.2) is 37.5 Å². The number of hydrogen-bond donors (Lipinski definition) is 2. The van der Waals surface area contributed by atoms with Crippen molar-refractivity contribution in [3.05, 3.63) is 29.8 Å². The average Bonchev–Trinajstić information content (AvgIpc) is 2.38. The number of ether oxygens (including phenoxy) is 2. The van der Waals surface area contributed by atoms with Crippen LogP contribution >= 0.6 is 0 Å². The van der Waals surface area contributed by atoms with Crippen LogP contribution in [0.2, 0.25) is 0 Å². The van der Waals surface area contributed by atoms with Gasteiger partial charge in [0.15, 0.2) is 0 Å². The highest BCUT2D eigenvalue weighted by atomic mass is 16.6. The van der Waals surface area contributed by atoms with Gasteiger partial charge < -0.3 is 20.3 Å². The molecule has 1 atom stereocenters. The molecule has 5 nitrogen and oxygen atoms in total. The highest BCUT2D eigenvalue weighted by molar-refractivity contribution is 5.77. The van der Waals surface area contributed by atoms with Crippen LogP contribution in [0, 0.1) is 0 Å². The van der Waals surface area contributed by atoms with Gasteiger partial charge in [-0.05, 0) is 24.6 Å². The Hall–Kier alpha value is -1.59. The van der Waals surface area contributed by atoms with Gasteiger partial charge in [0.05, 0.1) is 25.7 Å². The minimum Gasteiger partial charge on any atom is -0.463 e. The highest BCUT2D eigenvalue weighted by Gasteiger charge is 2.16. The van der Waals surface area contributed by atoms with Crippen molar-refractivity contribution in [1.82, 2.24) is 0 Å². The number of anilines is 1. The number of rotatable bonds is 7. The van der Waals surface area contributed by atoms with E-state index in [1.807, 2.05) is 12.1 Å². The highest BCUT2D eigenvalue weighted by Crippen LogP contribution is 2.18. The van der Waals surface area contributed by atoms with Gasteiger partial charge in [-0.25, -0.2) is 0 Å². The molecule has 0 bridgehead atoms. The van der Waals surface area contributed by atoms with Crippen molar-refractivity contribution in [1.29, 1.82) is 0 Å². The van der Waals surface area contributed by atoms with Crippen LogP contribution in [0.4, 0.5) is 5.69 Å². The monoisotopic (exact) mass is 253 g/mol. The zero-order valence-corrected chi connectivity index (χ0v) is 10.5. The van der Waals surface area contributed by atoms with Gasteiger partial charge in [0.25, 0.3) is 0 Å². The average molecular weight is 253 g/mol. The molecule has 0 aliphatic heterocycles. The quantitative estimate of drug-likeness (QED) is 0.429. The first-order valence-corrected chi connectivity index (χ1v) is 5.86. The van der Waals surface area contributed by atoms with Crippen molar-refractivity contribution >= 4 is 11.7 Å². The second-order valence-electron chi connectivity index (χ2n) is 3.89. The number of benzene rings is 1. The normalized spacial score (nSPS) is 12.1. The second-order valence-corrected chi connectivity index (χ2v) is 3.89. The number of aliphatic hydroxyl groups is 1. The molecule has 5 heteroatoms. The van der Waals surface area contributed by atoms with E-state index in [1.54, 1.807) is 19.1 Å². The molecular formula is C13H19NO4. The van der Waals surface area contributed by atoms with Crippen LogP contribution in [-0.2, 0) is 14.3 Å². The predicted octanol–water partition coefficient (Wildman–Crippen LogP) is 0.924. The molecule has 0 fully saturated rings. The van der Waals surface area contributed by atoms with Crippen LogP contribution < -0.4 is 5.73 Å². The minimum atomic E-state index is -0.330. The van der Waals surface area contributed by atoms with E-state index in [0.717, 1.165) is 5.56 Å². The van der Waals surface area contributed by atoms with Crippen molar-refractivity contribution in [3.63, 3.8) is 0 Å². The lowest BCUT2D eigenvalue weighted by Gasteiger charge is -2.12. The van der Waals surface area contributed by atoms with Gasteiger partial charge in [-0.1, -0.05) is 12.1 Å². The van der Waals surface area contributed by atoms with Crippen molar-refractivity contribution in [2.45, 2.75) is 12.8 Å². The summed E-state index contributed by atoms with van der Waals surface area (Å²) in [4.78, 5) is 11.7. The SMILES string of the molecule is CC(C(=O)OCCOCCO)c1ccc(N)cc1. The summed E-state index contributed by atoms with van der Waals surface area (Å²) in [6.07, 6.45) is 0. The molecular weight excluding hydrogens is 234 g/mol. The summed E-state index contributed by atoms with van der Waals surface area (Å²) < 4.78 is 10.0. The summed E-state index contributed by atoms with van der Waals surface area (Å²) >= 11 is 0. The Balaban J connectivity index is 2.34. The molecule has 0 saturated heterocycles. The molecule has 0 spiro atoms. The van der Waals surface area contributed by atoms with E-state index < -0.39 is 0 Å². The number of carbonyl (C=O) groups excluding carboxylic acids is 1. The second kappa shape index (κ2) is 7.68. The molecule has 1 unspecified atom stereocenters. The number of nitrogens with two attached hydrogens (primary N) is 1. The molecule has 100 valence electrons. The molecule has 0 amide bonds. The third-order valence-corrected chi connectivity index (χ3v) is 2.50. The molecule has 0 radical (unpaired) electrons. The maximum atomic E-state index is 11.7. The topological polar surface area (TPSA) is 81.8 Å². The zero-order chi connectivity index (χ0) is 13.4. The van der Waals surface area contributed by atoms with Crippen molar-refractivity contribution in [2.75, 3.05) is 32.2 Å². The van der Waals surface area contributed by atoms with E-state index in [2.05, 4.69) is 0 Å². The van der Waals surface area contributed by atoms with E-state index in [4.69, 9.17) is 20.3 Å². The molecule has 0 aliphatic rings. The number of hydrogen-bond acceptors (Lipinski definition) is 5. The first-order valence-electron chi connectivity index (χ1n) is 5.86. The van der Waals surface area contributed by atoms with Gasteiger partial charge in [-0.2, -0.15) is 0 Å². The van der Waals surface area contributed by atoms with E-state index in [0.29, 0.717) is 12.3 Å². The summed E-state index contributed by atoms with van der Waals surface area (Å²) in [6, 6.07) is 7.12. The lowest BCUT2D eigenvalue weighted by Crippen LogP contribution is -2.17. The van der Waals surface area contributed by atoms with Gasteiger partial charge in [-0.15, -0.1) is 0 Å². The molecule has 1 aromatic rings. The lowest BCUT2D eigenvalue weighted by atomic mass is 10.0.